The van der Waals surface area contributed by atoms with Gasteiger partial charge in [0.1, 0.15) is 0 Å². The number of para-hydroxylation sites is 1. The van der Waals surface area contributed by atoms with Gasteiger partial charge in [-0.05, 0) is 0 Å². The number of fused-ring (bicyclic) bond motifs is 1. The number of halogens is 1. The Balaban J connectivity index is 1.24. The molecule has 6 aromatic rings. The zero-order valence-electron chi connectivity index (χ0n) is 26.1. The summed E-state index contributed by atoms with van der Waals surface area (Å²) in [7, 11) is 0. The van der Waals surface area contributed by atoms with Gasteiger partial charge >= 0.3 is 267 Å². The first-order valence-corrected chi connectivity index (χ1v) is 20.5. The SMILES string of the molecule is O=c1c(OCCCP(Br)(c2ccccc2)(c2ccccc2)c2ccccc2)c(-c2ccc(N3CCOCC3)cc2)oc2ccccc12. The monoisotopic (exact) mass is 705 g/mol. The van der Waals surface area contributed by atoms with Gasteiger partial charge < -0.3 is 4.74 Å². The molecule has 0 aliphatic carbocycles. The zero-order chi connectivity index (χ0) is 32.1. The number of nitrogens with zero attached hydrogens (tertiary/aromatic N) is 1. The van der Waals surface area contributed by atoms with Crippen molar-refractivity contribution in [2.75, 3.05) is 44.0 Å². The van der Waals surface area contributed by atoms with Crippen LogP contribution in [0.5, 0.6) is 5.75 Å². The van der Waals surface area contributed by atoms with Gasteiger partial charge in [0.15, 0.2) is 0 Å². The summed E-state index contributed by atoms with van der Waals surface area (Å²) in [5.41, 5.74) is 2.30. The molecule has 7 heteroatoms. The van der Waals surface area contributed by atoms with E-state index < -0.39 is 5.31 Å². The zero-order valence-corrected chi connectivity index (χ0v) is 28.6. The summed E-state index contributed by atoms with van der Waals surface area (Å²) in [6, 6.07) is 47.7. The molecule has 7 rings (SSSR count). The Bertz CT molecular complexity index is 1910. The van der Waals surface area contributed by atoms with Gasteiger partial charge in [-0.1, -0.05) is 0 Å². The van der Waals surface area contributed by atoms with Gasteiger partial charge in [-0.15, -0.1) is 0 Å². The maximum atomic E-state index is 13.9. The van der Waals surface area contributed by atoms with Crippen LogP contribution < -0.4 is 31.0 Å². The summed E-state index contributed by atoms with van der Waals surface area (Å²) in [5.74, 6) is 0.699. The number of anilines is 1. The second-order valence-corrected chi connectivity index (χ2v) is 20.9. The fraction of sp³-hybridized carbons (Fsp3) is 0.175. The van der Waals surface area contributed by atoms with E-state index in [1.54, 1.807) is 6.07 Å². The fourth-order valence-corrected chi connectivity index (χ4v) is 14.3. The third kappa shape index (κ3) is 5.91. The van der Waals surface area contributed by atoms with Crippen molar-refractivity contribution in [2.45, 2.75) is 6.42 Å². The van der Waals surface area contributed by atoms with Gasteiger partial charge in [0, 0.05) is 0 Å². The predicted octanol–water partition coefficient (Wildman–Crippen LogP) is 7.91. The Morgan fingerprint density at radius 1 is 0.681 bits per heavy atom. The van der Waals surface area contributed by atoms with E-state index in [0.717, 1.165) is 43.7 Å². The van der Waals surface area contributed by atoms with Crippen LogP contribution in [0.15, 0.2) is 149 Å². The van der Waals surface area contributed by atoms with E-state index in [1.807, 2.05) is 30.3 Å². The van der Waals surface area contributed by atoms with E-state index in [0.29, 0.717) is 29.8 Å². The summed E-state index contributed by atoms with van der Waals surface area (Å²) >= 11 is 4.52. The summed E-state index contributed by atoms with van der Waals surface area (Å²) in [6.45, 7) is 3.49. The molecule has 5 aromatic carbocycles. The summed E-state index contributed by atoms with van der Waals surface area (Å²) in [6.07, 6.45) is 1.50. The molecule has 0 unspecified atom stereocenters. The molecule has 47 heavy (non-hydrogen) atoms. The molecule has 0 saturated carbocycles. The molecule has 1 fully saturated rings. The van der Waals surface area contributed by atoms with E-state index in [4.69, 9.17) is 13.9 Å². The molecule has 0 radical (unpaired) electrons. The minimum absolute atomic E-state index is 0.162. The van der Waals surface area contributed by atoms with E-state index >= 15 is 0 Å². The van der Waals surface area contributed by atoms with Crippen LogP contribution in [-0.4, -0.2) is 39.1 Å². The van der Waals surface area contributed by atoms with Crippen LogP contribution in [0.1, 0.15) is 6.42 Å². The van der Waals surface area contributed by atoms with Crippen molar-refractivity contribution < 1.29 is 13.9 Å². The molecule has 0 amide bonds. The molecule has 0 N–H and O–H groups in total. The van der Waals surface area contributed by atoms with Crippen LogP contribution in [-0.2, 0) is 4.74 Å². The molecule has 1 aliphatic heterocycles. The molecule has 1 saturated heterocycles. The summed E-state index contributed by atoms with van der Waals surface area (Å²) in [4.78, 5) is 16.3. The van der Waals surface area contributed by atoms with Crippen molar-refractivity contribution in [1.82, 2.24) is 0 Å². The number of ether oxygens (including phenoxy) is 2. The molecule has 238 valence electrons. The Labute approximate surface area is 283 Å². The topological polar surface area (TPSA) is 51.9 Å². The van der Waals surface area contributed by atoms with Gasteiger partial charge in [-0.2, -0.15) is 0 Å². The second-order valence-electron chi connectivity index (χ2n) is 11.8. The molecule has 0 spiro atoms. The Morgan fingerprint density at radius 2 is 1.21 bits per heavy atom. The number of morpholine rings is 1. The van der Waals surface area contributed by atoms with E-state index in [-0.39, 0.29) is 11.2 Å². The van der Waals surface area contributed by atoms with Gasteiger partial charge in [-0.25, -0.2) is 0 Å². The third-order valence-electron chi connectivity index (χ3n) is 9.11. The standard InChI is InChI=1S/C40H37BrNO4P/c41-47(33-13-4-1-5-14-33,34-15-6-2-7-16-34,35-17-8-3-9-18-35)30-12-27-45-40-38(43)36-19-10-11-20-37(36)46-39(40)31-21-23-32(24-22-31)42-25-28-44-29-26-42/h1-11,13-24H,12,25-30H2. The van der Waals surface area contributed by atoms with Gasteiger partial charge in [0.05, 0.1) is 13.2 Å². The quantitative estimate of drug-likeness (QED) is 0.107. The fourth-order valence-electron chi connectivity index (χ4n) is 6.68. The van der Waals surface area contributed by atoms with Crippen molar-refractivity contribution in [3.63, 3.8) is 0 Å². The Hall–Kier alpha value is -4.22. The molecular weight excluding hydrogens is 669 g/mol. The minimum atomic E-state index is -3.12. The van der Waals surface area contributed by atoms with Crippen LogP contribution >= 0.6 is 20.8 Å². The van der Waals surface area contributed by atoms with Crippen molar-refractivity contribution in [1.29, 1.82) is 0 Å². The van der Waals surface area contributed by atoms with Crippen LogP contribution in [0.3, 0.4) is 0 Å². The first kappa shape index (κ1) is 31.4. The van der Waals surface area contributed by atoms with Crippen LogP contribution in [0, 0.1) is 0 Å². The van der Waals surface area contributed by atoms with Gasteiger partial charge in [0.2, 0.25) is 0 Å². The second kappa shape index (κ2) is 13.5. The summed E-state index contributed by atoms with van der Waals surface area (Å²) in [5, 5.41) is 1.14. The normalized spacial score (nSPS) is 14.4. The number of benzene rings is 5. The van der Waals surface area contributed by atoms with Gasteiger partial charge in [-0.3, -0.25) is 0 Å². The Kier molecular flexibility index (Phi) is 9.00. The van der Waals surface area contributed by atoms with Crippen molar-refractivity contribution in [2.24, 2.45) is 0 Å². The van der Waals surface area contributed by atoms with Crippen molar-refractivity contribution >= 4 is 53.4 Å². The van der Waals surface area contributed by atoms with E-state index in [9.17, 15) is 4.79 Å². The van der Waals surface area contributed by atoms with Crippen LogP contribution in [0.25, 0.3) is 22.3 Å². The van der Waals surface area contributed by atoms with Crippen LogP contribution in [0.2, 0.25) is 0 Å². The first-order valence-electron chi connectivity index (χ1n) is 16.1. The van der Waals surface area contributed by atoms with E-state index in [1.165, 1.54) is 15.9 Å². The predicted molar refractivity (Wildman–Crippen MR) is 200 cm³/mol. The molecule has 1 aromatic heterocycles. The number of hydrogen-bond acceptors (Lipinski definition) is 5. The number of hydrogen-bond donors (Lipinski definition) is 0. The Morgan fingerprint density at radius 3 is 1.79 bits per heavy atom. The van der Waals surface area contributed by atoms with Gasteiger partial charge in [0.25, 0.3) is 0 Å². The molecule has 0 atom stereocenters. The molecule has 0 bridgehead atoms. The average Bonchev–Trinajstić information content (AvgIpc) is 3.15. The number of rotatable bonds is 10. The van der Waals surface area contributed by atoms with Crippen molar-refractivity contribution in [3.05, 3.63) is 150 Å². The molecule has 2 heterocycles. The first-order chi connectivity index (χ1) is 23.1. The molecule has 1 aliphatic rings. The van der Waals surface area contributed by atoms with Crippen molar-refractivity contribution in [3.8, 4) is 17.1 Å². The van der Waals surface area contributed by atoms with Crippen LogP contribution in [0.4, 0.5) is 5.69 Å². The summed E-state index contributed by atoms with van der Waals surface area (Å²) < 4.78 is 18.4. The molecular formula is C40H37BrNO4P. The average molecular weight is 707 g/mol. The van der Waals surface area contributed by atoms with E-state index in [2.05, 4.69) is 124 Å². The molecule has 5 nitrogen and oxygen atoms in total. The third-order valence-corrected chi connectivity index (χ3v) is 19.1. The maximum absolute atomic E-state index is 13.9.